The topological polar surface area (TPSA) is 84.7 Å². The van der Waals surface area contributed by atoms with Crippen molar-refractivity contribution in [3.05, 3.63) is 95.4 Å². The number of hydrogen-bond donors (Lipinski definition) is 2. The molecule has 156 valence electrons. The molecule has 0 spiro atoms. The SMILES string of the molecule is CNC(=O)c1ccccc1NC(=O)c1cccc(OCc2cn3cc(C)ccc3n2)c1. The maximum atomic E-state index is 12.7. The first-order valence-corrected chi connectivity index (χ1v) is 9.83. The van der Waals surface area contributed by atoms with Crippen LogP contribution in [0.5, 0.6) is 5.75 Å². The van der Waals surface area contributed by atoms with Gasteiger partial charge in [0.2, 0.25) is 0 Å². The highest BCUT2D eigenvalue weighted by atomic mass is 16.5. The van der Waals surface area contributed by atoms with Gasteiger partial charge in [0, 0.05) is 25.0 Å². The van der Waals surface area contributed by atoms with Crippen molar-refractivity contribution in [2.75, 3.05) is 12.4 Å². The van der Waals surface area contributed by atoms with Crippen LogP contribution >= 0.6 is 0 Å². The molecule has 7 nitrogen and oxygen atoms in total. The average Bonchev–Trinajstić information content (AvgIpc) is 3.19. The van der Waals surface area contributed by atoms with E-state index in [4.69, 9.17) is 4.74 Å². The molecule has 31 heavy (non-hydrogen) atoms. The van der Waals surface area contributed by atoms with Crippen molar-refractivity contribution in [1.82, 2.24) is 14.7 Å². The van der Waals surface area contributed by atoms with Gasteiger partial charge in [0.25, 0.3) is 11.8 Å². The van der Waals surface area contributed by atoms with Gasteiger partial charge in [0.1, 0.15) is 18.0 Å². The van der Waals surface area contributed by atoms with Crippen LogP contribution in [0.2, 0.25) is 0 Å². The zero-order valence-corrected chi connectivity index (χ0v) is 17.3. The number of carbonyl (C=O) groups excluding carboxylic acids is 2. The fourth-order valence-corrected chi connectivity index (χ4v) is 3.23. The van der Waals surface area contributed by atoms with Crippen LogP contribution in [0.3, 0.4) is 0 Å². The molecule has 0 radical (unpaired) electrons. The molecule has 0 aliphatic heterocycles. The van der Waals surface area contributed by atoms with E-state index in [1.165, 1.54) is 0 Å². The van der Waals surface area contributed by atoms with Gasteiger partial charge >= 0.3 is 0 Å². The minimum Gasteiger partial charge on any atom is -0.487 e. The molecule has 0 fully saturated rings. The molecular formula is C24H22N4O3. The van der Waals surface area contributed by atoms with Crippen LogP contribution in [0.4, 0.5) is 5.69 Å². The standard InChI is InChI=1S/C24H22N4O3/c1-16-10-11-22-26-18(14-28(22)13-16)15-31-19-7-5-6-17(12-19)23(29)27-21-9-4-3-8-20(21)24(30)25-2/h3-14H,15H2,1-2H3,(H,25,30)(H,27,29). The molecule has 2 N–H and O–H groups in total. The van der Waals surface area contributed by atoms with Crippen LogP contribution in [-0.4, -0.2) is 28.2 Å². The Morgan fingerprint density at radius 3 is 2.68 bits per heavy atom. The van der Waals surface area contributed by atoms with E-state index < -0.39 is 0 Å². The number of pyridine rings is 1. The van der Waals surface area contributed by atoms with Crippen LogP contribution in [-0.2, 0) is 6.61 Å². The predicted molar refractivity (Wildman–Crippen MR) is 118 cm³/mol. The number of anilines is 1. The first-order chi connectivity index (χ1) is 15.0. The van der Waals surface area contributed by atoms with Crippen molar-refractivity contribution in [3.8, 4) is 5.75 Å². The van der Waals surface area contributed by atoms with Gasteiger partial charge in [-0.3, -0.25) is 9.59 Å². The van der Waals surface area contributed by atoms with Gasteiger partial charge in [-0.2, -0.15) is 0 Å². The number of rotatable bonds is 6. The summed E-state index contributed by atoms with van der Waals surface area (Å²) in [6.07, 6.45) is 3.93. The normalized spacial score (nSPS) is 10.6. The van der Waals surface area contributed by atoms with E-state index in [0.717, 1.165) is 16.9 Å². The van der Waals surface area contributed by atoms with Crippen molar-refractivity contribution in [3.63, 3.8) is 0 Å². The Hall–Kier alpha value is -4.13. The van der Waals surface area contributed by atoms with Gasteiger partial charge in [0.15, 0.2) is 0 Å². The summed E-state index contributed by atoms with van der Waals surface area (Å²) < 4.78 is 7.81. The Labute approximate surface area is 179 Å². The molecule has 4 aromatic rings. The van der Waals surface area contributed by atoms with Crippen LogP contribution in [0.15, 0.2) is 73.1 Å². The lowest BCUT2D eigenvalue weighted by Gasteiger charge is -2.11. The lowest BCUT2D eigenvalue weighted by Crippen LogP contribution is -2.21. The monoisotopic (exact) mass is 414 g/mol. The molecule has 0 aliphatic rings. The summed E-state index contributed by atoms with van der Waals surface area (Å²) in [6, 6.07) is 17.7. The lowest BCUT2D eigenvalue weighted by molar-refractivity contribution is 0.0964. The third-order valence-electron chi connectivity index (χ3n) is 4.78. The Kier molecular flexibility index (Phi) is 5.66. The van der Waals surface area contributed by atoms with E-state index in [1.54, 1.807) is 55.6 Å². The summed E-state index contributed by atoms with van der Waals surface area (Å²) in [5.74, 6) is -0.0406. The summed E-state index contributed by atoms with van der Waals surface area (Å²) in [6.45, 7) is 2.31. The van der Waals surface area contributed by atoms with Gasteiger partial charge < -0.3 is 19.8 Å². The summed E-state index contributed by atoms with van der Waals surface area (Å²) in [4.78, 5) is 29.3. The number of ether oxygens (including phenoxy) is 1. The van der Waals surface area contributed by atoms with E-state index in [2.05, 4.69) is 15.6 Å². The first-order valence-electron chi connectivity index (χ1n) is 9.83. The third kappa shape index (κ3) is 4.56. The second-order valence-corrected chi connectivity index (χ2v) is 7.10. The van der Waals surface area contributed by atoms with E-state index in [0.29, 0.717) is 22.6 Å². The maximum Gasteiger partial charge on any atom is 0.255 e. The van der Waals surface area contributed by atoms with Crippen LogP contribution < -0.4 is 15.4 Å². The van der Waals surface area contributed by atoms with E-state index in [1.807, 2.05) is 35.9 Å². The molecule has 0 saturated carbocycles. The number of para-hydroxylation sites is 1. The fraction of sp³-hybridized carbons (Fsp3) is 0.125. The number of nitrogens with one attached hydrogen (secondary N) is 2. The van der Waals surface area contributed by atoms with Crippen molar-refractivity contribution in [2.45, 2.75) is 13.5 Å². The summed E-state index contributed by atoms with van der Waals surface area (Å²) in [7, 11) is 1.55. The van der Waals surface area contributed by atoms with E-state index in [-0.39, 0.29) is 18.4 Å². The number of aryl methyl sites for hydroxylation is 1. The summed E-state index contributed by atoms with van der Waals surface area (Å²) in [5.41, 5.74) is 4.06. The molecule has 2 aromatic carbocycles. The van der Waals surface area contributed by atoms with Crippen molar-refractivity contribution in [2.24, 2.45) is 0 Å². The smallest absolute Gasteiger partial charge is 0.255 e. The van der Waals surface area contributed by atoms with Gasteiger partial charge in [-0.1, -0.05) is 24.3 Å². The molecule has 2 amide bonds. The zero-order chi connectivity index (χ0) is 21.8. The highest BCUT2D eigenvalue weighted by molar-refractivity contribution is 6.09. The van der Waals surface area contributed by atoms with Gasteiger partial charge in [-0.05, 0) is 48.9 Å². The predicted octanol–water partition coefficient (Wildman–Crippen LogP) is 3.83. The fourth-order valence-electron chi connectivity index (χ4n) is 3.23. The number of imidazole rings is 1. The number of nitrogens with zero attached hydrogens (tertiary/aromatic N) is 2. The number of fused-ring (bicyclic) bond motifs is 1. The van der Waals surface area contributed by atoms with Crippen LogP contribution in [0, 0.1) is 6.92 Å². The summed E-state index contributed by atoms with van der Waals surface area (Å²) >= 11 is 0. The van der Waals surface area contributed by atoms with Crippen molar-refractivity contribution < 1.29 is 14.3 Å². The second kappa shape index (κ2) is 8.71. The number of hydrogen-bond acceptors (Lipinski definition) is 4. The van der Waals surface area contributed by atoms with Gasteiger partial charge in [0.05, 0.1) is 16.9 Å². The van der Waals surface area contributed by atoms with Crippen molar-refractivity contribution >= 4 is 23.1 Å². The minimum absolute atomic E-state index is 0.268. The van der Waals surface area contributed by atoms with E-state index >= 15 is 0 Å². The van der Waals surface area contributed by atoms with E-state index in [9.17, 15) is 9.59 Å². The number of aromatic nitrogens is 2. The largest absolute Gasteiger partial charge is 0.487 e. The quantitative estimate of drug-likeness (QED) is 0.502. The van der Waals surface area contributed by atoms with Crippen molar-refractivity contribution in [1.29, 1.82) is 0 Å². The lowest BCUT2D eigenvalue weighted by atomic mass is 10.1. The zero-order valence-electron chi connectivity index (χ0n) is 17.3. The highest BCUT2D eigenvalue weighted by Crippen LogP contribution is 2.19. The Bertz CT molecular complexity index is 1260. The molecular weight excluding hydrogens is 392 g/mol. The number of carbonyl (C=O) groups is 2. The van der Waals surface area contributed by atoms with Crippen LogP contribution in [0.25, 0.3) is 5.65 Å². The molecule has 0 atom stereocenters. The number of amides is 2. The molecule has 0 unspecified atom stereocenters. The average molecular weight is 414 g/mol. The second-order valence-electron chi connectivity index (χ2n) is 7.10. The van der Waals surface area contributed by atoms with Gasteiger partial charge in [-0.25, -0.2) is 4.98 Å². The van der Waals surface area contributed by atoms with Gasteiger partial charge in [-0.15, -0.1) is 0 Å². The molecule has 7 heteroatoms. The minimum atomic E-state index is -0.329. The molecule has 0 aliphatic carbocycles. The molecule has 2 heterocycles. The highest BCUT2D eigenvalue weighted by Gasteiger charge is 2.13. The Morgan fingerprint density at radius 2 is 1.84 bits per heavy atom. The summed E-state index contributed by atoms with van der Waals surface area (Å²) in [5, 5.41) is 5.37. The molecule has 0 bridgehead atoms. The molecule has 0 saturated heterocycles. The number of benzene rings is 2. The van der Waals surface area contributed by atoms with Crippen LogP contribution in [0.1, 0.15) is 32.0 Å². The molecule has 2 aromatic heterocycles. The third-order valence-corrected chi connectivity index (χ3v) is 4.78. The first kappa shape index (κ1) is 20.2. The molecule has 4 rings (SSSR count). The maximum absolute atomic E-state index is 12.7. The Morgan fingerprint density at radius 1 is 1.00 bits per heavy atom. The Balaban J connectivity index is 1.46.